The molecule has 12 heavy (non-hydrogen) atoms. The van der Waals surface area contributed by atoms with Crippen LogP contribution in [0.4, 0.5) is 0 Å². The molecule has 1 rings (SSSR count). The van der Waals surface area contributed by atoms with Gasteiger partial charge in [-0.2, -0.15) is 0 Å². The predicted octanol–water partition coefficient (Wildman–Crippen LogP) is 0.483. The van der Waals surface area contributed by atoms with E-state index in [0.717, 1.165) is 12.8 Å². The summed E-state index contributed by atoms with van der Waals surface area (Å²) in [6.45, 7) is -0.0971. The van der Waals surface area contributed by atoms with Crippen molar-refractivity contribution in [2.45, 2.75) is 19.3 Å². The average Bonchev–Trinajstić information content (AvgIpc) is 1.93. The van der Waals surface area contributed by atoms with Gasteiger partial charge in [0, 0.05) is 12.3 Å². The van der Waals surface area contributed by atoms with Gasteiger partial charge in [-0.05, 0) is 18.8 Å². The number of aliphatic hydroxyl groups excluding tert-OH is 1. The molecule has 0 radical (unpaired) electrons. The molecule has 0 aromatic heterocycles. The van der Waals surface area contributed by atoms with Crippen molar-refractivity contribution in [3.05, 3.63) is 0 Å². The van der Waals surface area contributed by atoms with E-state index in [2.05, 4.69) is 11.8 Å². The summed E-state index contributed by atoms with van der Waals surface area (Å²) in [4.78, 5) is 10.2. The van der Waals surface area contributed by atoms with Crippen LogP contribution in [0.2, 0.25) is 0 Å². The number of carboxylic acids is 1. The molecule has 0 heterocycles. The van der Waals surface area contributed by atoms with Crippen molar-refractivity contribution in [3.8, 4) is 11.8 Å². The minimum Gasteiger partial charge on any atom is -0.481 e. The van der Waals surface area contributed by atoms with Gasteiger partial charge in [0.1, 0.15) is 6.61 Å². The summed E-state index contributed by atoms with van der Waals surface area (Å²) in [6, 6.07) is 0. The highest BCUT2D eigenvalue weighted by Crippen LogP contribution is 2.35. The average molecular weight is 168 g/mol. The first-order chi connectivity index (χ1) is 5.72. The molecule has 2 N–H and O–H groups in total. The zero-order valence-electron chi connectivity index (χ0n) is 6.79. The van der Waals surface area contributed by atoms with Gasteiger partial charge in [-0.3, -0.25) is 4.79 Å². The van der Waals surface area contributed by atoms with Crippen LogP contribution < -0.4 is 0 Å². The lowest BCUT2D eigenvalue weighted by molar-refractivity contribution is -0.139. The number of rotatable bonds is 2. The third-order valence-corrected chi connectivity index (χ3v) is 2.08. The molecule has 66 valence electrons. The SMILES string of the molecule is O=C(O)CC1CC(C#CCO)C1. The number of hydrogen-bond acceptors (Lipinski definition) is 2. The predicted molar refractivity (Wildman–Crippen MR) is 43.3 cm³/mol. The molecule has 1 fully saturated rings. The fraction of sp³-hybridized carbons (Fsp3) is 0.667. The lowest BCUT2D eigenvalue weighted by Crippen LogP contribution is -2.24. The smallest absolute Gasteiger partial charge is 0.303 e. The molecule has 0 aromatic carbocycles. The van der Waals surface area contributed by atoms with Crippen LogP contribution in [-0.2, 0) is 4.79 Å². The van der Waals surface area contributed by atoms with Crippen molar-refractivity contribution < 1.29 is 15.0 Å². The van der Waals surface area contributed by atoms with Crippen molar-refractivity contribution in [2.24, 2.45) is 11.8 Å². The highest BCUT2D eigenvalue weighted by atomic mass is 16.4. The topological polar surface area (TPSA) is 57.5 Å². The van der Waals surface area contributed by atoms with E-state index in [1.54, 1.807) is 0 Å². The van der Waals surface area contributed by atoms with Gasteiger partial charge in [-0.25, -0.2) is 0 Å². The van der Waals surface area contributed by atoms with E-state index in [4.69, 9.17) is 10.2 Å². The summed E-state index contributed by atoms with van der Waals surface area (Å²) >= 11 is 0. The van der Waals surface area contributed by atoms with E-state index >= 15 is 0 Å². The van der Waals surface area contributed by atoms with Crippen LogP contribution in [0.15, 0.2) is 0 Å². The summed E-state index contributed by atoms with van der Waals surface area (Å²) in [6.07, 6.45) is 2.01. The van der Waals surface area contributed by atoms with Gasteiger partial charge in [0.05, 0.1) is 0 Å². The Morgan fingerprint density at radius 2 is 2.17 bits per heavy atom. The lowest BCUT2D eigenvalue weighted by Gasteiger charge is -2.30. The Kier molecular flexibility index (Phi) is 3.12. The van der Waals surface area contributed by atoms with Crippen molar-refractivity contribution in [1.29, 1.82) is 0 Å². The van der Waals surface area contributed by atoms with E-state index < -0.39 is 5.97 Å². The van der Waals surface area contributed by atoms with Crippen LogP contribution >= 0.6 is 0 Å². The lowest BCUT2D eigenvalue weighted by atomic mass is 9.74. The number of carbonyl (C=O) groups is 1. The Labute approximate surface area is 71.4 Å². The van der Waals surface area contributed by atoms with Gasteiger partial charge in [0.2, 0.25) is 0 Å². The fourth-order valence-electron chi connectivity index (χ4n) is 1.46. The molecule has 0 aromatic rings. The Hall–Kier alpha value is -1.01. The second kappa shape index (κ2) is 4.13. The number of aliphatic carboxylic acids is 1. The molecule has 0 saturated heterocycles. The molecule has 3 nitrogen and oxygen atoms in total. The number of carboxylic acid groups (broad SMARTS) is 1. The third kappa shape index (κ3) is 2.55. The first-order valence-electron chi connectivity index (χ1n) is 4.03. The van der Waals surface area contributed by atoms with Crippen molar-refractivity contribution in [2.75, 3.05) is 6.61 Å². The first kappa shape index (κ1) is 9.08. The molecule has 0 bridgehead atoms. The molecule has 1 aliphatic rings. The summed E-state index contributed by atoms with van der Waals surface area (Å²) in [7, 11) is 0. The van der Waals surface area contributed by atoms with Crippen molar-refractivity contribution in [1.82, 2.24) is 0 Å². The third-order valence-electron chi connectivity index (χ3n) is 2.08. The summed E-state index contributed by atoms with van der Waals surface area (Å²) in [5.41, 5.74) is 0. The monoisotopic (exact) mass is 168 g/mol. The standard InChI is InChI=1S/C9H12O3/c10-3-1-2-7-4-8(5-7)6-9(11)12/h7-8,10H,3-6H2,(H,11,12). The Balaban J connectivity index is 2.15. The summed E-state index contributed by atoms with van der Waals surface area (Å²) in [5, 5.41) is 16.8. The zero-order chi connectivity index (χ0) is 8.97. The van der Waals surface area contributed by atoms with Gasteiger partial charge in [0.25, 0.3) is 0 Å². The molecule has 0 amide bonds. The van der Waals surface area contributed by atoms with E-state index in [0.29, 0.717) is 11.8 Å². The molecule has 0 unspecified atom stereocenters. The number of aliphatic hydroxyl groups is 1. The van der Waals surface area contributed by atoms with Gasteiger partial charge in [-0.1, -0.05) is 11.8 Å². The quantitative estimate of drug-likeness (QED) is 0.590. The second-order valence-corrected chi connectivity index (χ2v) is 3.11. The zero-order valence-corrected chi connectivity index (χ0v) is 6.79. The van der Waals surface area contributed by atoms with Crippen LogP contribution in [-0.4, -0.2) is 22.8 Å². The number of hydrogen-bond donors (Lipinski definition) is 2. The van der Waals surface area contributed by atoms with Gasteiger partial charge in [-0.15, -0.1) is 0 Å². The Morgan fingerprint density at radius 1 is 1.50 bits per heavy atom. The minimum atomic E-state index is -0.728. The van der Waals surface area contributed by atoms with Crippen LogP contribution in [0, 0.1) is 23.7 Å². The normalized spacial score (nSPS) is 26.8. The molecule has 0 aliphatic heterocycles. The molecular formula is C9H12O3. The maximum atomic E-state index is 10.2. The minimum absolute atomic E-state index is 0.0971. The first-order valence-corrected chi connectivity index (χ1v) is 4.03. The van der Waals surface area contributed by atoms with Gasteiger partial charge in [0.15, 0.2) is 0 Å². The molecular weight excluding hydrogens is 156 g/mol. The fourth-order valence-corrected chi connectivity index (χ4v) is 1.46. The van der Waals surface area contributed by atoms with E-state index in [9.17, 15) is 4.79 Å². The Bertz CT molecular complexity index is 218. The molecule has 0 atom stereocenters. The molecule has 3 heteroatoms. The highest BCUT2D eigenvalue weighted by Gasteiger charge is 2.29. The van der Waals surface area contributed by atoms with Crippen LogP contribution in [0.1, 0.15) is 19.3 Å². The maximum absolute atomic E-state index is 10.2. The van der Waals surface area contributed by atoms with Crippen molar-refractivity contribution >= 4 is 5.97 Å². The molecule has 1 saturated carbocycles. The molecule has 1 aliphatic carbocycles. The highest BCUT2D eigenvalue weighted by molar-refractivity contribution is 5.67. The van der Waals surface area contributed by atoms with Crippen LogP contribution in [0.5, 0.6) is 0 Å². The second-order valence-electron chi connectivity index (χ2n) is 3.11. The van der Waals surface area contributed by atoms with E-state index in [-0.39, 0.29) is 13.0 Å². The van der Waals surface area contributed by atoms with E-state index in [1.807, 2.05) is 0 Å². The van der Waals surface area contributed by atoms with Crippen LogP contribution in [0.25, 0.3) is 0 Å². The largest absolute Gasteiger partial charge is 0.481 e. The van der Waals surface area contributed by atoms with Crippen molar-refractivity contribution in [3.63, 3.8) is 0 Å². The van der Waals surface area contributed by atoms with Crippen LogP contribution in [0.3, 0.4) is 0 Å². The van der Waals surface area contributed by atoms with Gasteiger partial charge >= 0.3 is 5.97 Å². The van der Waals surface area contributed by atoms with E-state index in [1.165, 1.54) is 0 Å². The van der Waals surface area contributed by atoms with Gasteiger partial charge < -0.3 is 10.2 Å². The Morgan fingerprint density at radius 3 is 2.67 bits per heavy atom. The summed E-state index contributed by atoms with van der Waals surface area (Å²) in [5.74, 6) is 5.36. The maximum Gasteiger partial charge on any atom is 0.303 e. The molecule has 0 spiro atoms. The summed E-state index contributed by atoms with van der Waals surface area (Å²) < 4.78 is 0.